The molecule has 3 rings (SSSR count). The van der Waals surface area contributed by atoms with E-state index < -0.39 is 9.84 Å². The number of rotatable bonds is 10. The molecule has 180 valence electrons. The quantitative estimate of drug-likeness (QED) is 0.378. The number of carbonyl (C=O) groups excluding carboxylic acids is 1. The van der Waals surface area contributed by atoms with Crippen LogP contribution in [0.2, 0.25) is 0 Å². The first-order valence-electron chi connectivity index (χ1n) is 10.1. The molecule has 10 heteroatoms. The summed E-state index contributed by atoms with van der Waals surface area (Å²) in [5, 5.41) is 5.70. The molecule has 2 N–H and O–H groups in total. The van der Waals surface area contributed by atoms with Crippen molar-refractivity contribution in [3.8, 4) is 17.2 Å². The lowest BCUT2D eigenvalue weighted by Gasteiger charge is -2.16. The molecule has 0 aliphatic heterocycles. The second-order valence-corrected chi connectivity index (χ2v) is 10.4. The molecule has 0 saturated carbocycles. The van der Waals surface area contributed by atoms with Crippen LogP contribution in [0.25, 0.3) is 0 Å². The number of amides is 1. The molecule has 0 aromatic heterocycles. The Balaban J connectivity index is 1.86. The molecule has 0 saturated heterocycles. The van der Waals surface area contributed by atoms with Crippen LogP contribution in [-0.4, -0.2) is 40.7 Å². The molecule has 3 aromatic rings. The topological polar surface area (TPSA) is 103 Å². The van der Waals surface area contributed by atoms with E-state index in [9.17, 15) is 13.2 Å². The minimum atomic E-state index is -3.27. The molecule has 0 atom stereocenters. The SMILES string of the molecule is COc1ccc(OC)c(COc2cc(NC(=O)c3ccc(Br)cc3)ccc2NCS(C)(=O)=O)c1. The van der Waals surface area contributed by atoms with E-state index in [4.69, 9.17) is 14.2 Å². The minimum absolute atomic E-state index is 0.123. The fourth-order valence-corrected chi connectivity index (χ4v) is 3.71. The van der Waals surface area contributed by atoms with E-state index in [1.165, 1.54) is 0 Å². The molecule has 0 bridgehead atoms. The van der Waals surface area contributed by atoms with Gasteiger partial charge in [-0.1, -0.05) is 15.9 Å². The van der Waals surface area contributed by atoms with Crippen LogP contribution in [0.3, 0.4) is 0 Å². The van der Waals surface area contributed by atoms with Crippen molar-refractivity contribution in [3.63, 3.8) is 0 Å². The molecule has 0 heterocycles. The van der Waals surface area contributed by atoms with Crippen molar-refractivity contribution < 1.29 is 27.4 Å². The number of sulfone groups is 1. The van der Waals surface area contributed by atoms with E-state index >= 15 is 0 Å². The van der Waals surface area contributed by atoms with Crippen molar-refractivity contribution in [3.05, 3.63) is 76.3 Å². The van der Waals surface area contributed by atoms with Crippen molar-refractivity contribution in [2.45, 2.75) is 6.61 Å². The van der Waals surface area contributed by atoms with Crippen LogP contribution in [0.5, 0.6) is 17.2 Å². The summed E-state index contributed by atoms with van der Waals surface area (Å²) in [4.78, 5) is 12.6. The van der Waals surface area contributed by atoms with Crippen LogP contribution < -0.4 is 24.8 Å². The average molecular weight is 549 g/mol. The number of benzene rings is 3. The van der Waals surface area contributed by atoms with Gasteiger partial charge in [0.1, 0.15) is 29.7 Å². The molecule has 3 aromatic carbocycles. The first kappa shape index (κ1) is 25.4. The van der Waals surface area contributed by atoms with E-state index in [1.807, 2.05) is 0 Å². The number of ether oxygens (including phenoxy) is 3. The third-order valence-corrected chi connectivity index (χ3v) is 5.94. The van der Waals surface area contributed by atoms with Gasteiger partial charge in [0.2, 0.25) is 0 Å². The van der Waals surface area contributed by atoms with Gasteiger partial charge in [-0.05, 0) is 54.6 Å². The van der Waals surface area contributed by atoms with E-state index in [1.54, 1.807) is 74.9 Å². The predicted octanol–water partition coefficient (Wildman–Crippen LogP) is 4.71. The summed E-state index contributed by atoms with van der Waals surface area (Å²) in [7, 11) is -0.146. The maximum absolute atomic E-state index is 12.6. The van der Waals surface area contributed by atoms with Crippen molar-refractivity contribution >= 4 is 43.0 Å². The van der Waals surface area contributed by atoms with Gasteiger partial charge in [0, 0.05) is 33.6 Å². The Morgan fingerprint density at radius 1 is 0.941 bits per heavy atom. The van der Waals surface area contributed by atoms with Gasteiger partial charge in [-0.15, -0.1) is 0 Å². The Morgan fingerprint density at radius 3 is 2.32 bits per heavy atom. The Hall–Kier alpha value is -3.24. The number of nitrogens with one attached hydrogen (secondary N) is 2. The van der Waals surface area contributed by atoms with Gasteiger partial charge < -0.3 is 24.8 Å². The molecule has 0 radical (unpaired) electrons. The second kappa shape index (κ2) is 11.3. The zero-order valence-corrected chi connectivity index (χ0v) is 21.3. The van der Waals surface area contributed by atoms with Gasteiger partial charge in [-0.2, -0.15) is 0 Å². The van der Waals surface area contributed by atoms with Crippen LogP contribution in [0.1, 0.15) is 15.9 Å². The highest BCUT2D eigenvalue weighted by atomic mass is 79.9. The summed E-state index contributed by atoms with van der Waals surface area (Å²) in [5.41, 5.74) is 2.19. The molecule has 0 aliphatic rings. The highest BCUT2D eigenvalue weighted by molar-refractivity contribution is 9.10. The normalized spacial score (nSPS) is 10.9. The standard InChI is InChI=1S/C24H25BrN2O6S/c1-31-20-9-11-22(32-2)17(12-20)14-33-23-13-19(8-10-21(23)26-15-34(3,29)30)27-24(28)16-4-6-18(25)7-5-16/h4-13,26H,14-15H2,1-3H3,(H,27,28). The molecular formula is C24H25BrN2O6S. The number of hydrogen-bond acceptors (Lipinski definition) is 7. The van der Waals surface area contributed by atoms with Gasteiger partial charge in [-0.25, -0.2) is 8.42 Å². The van der Waals surface area contributed by atoms with Crippen molar-refractivity contribution in [1.82, 2.24) is 0 Å². The summed E-state index contributed by atoms with van der Waals surface area (Å²) >= 11 is 3.35. The van der Waals surface area contributed by atoms with Gasteiger partial charge in [0.25, 0.3) is 5.91 Å². The average Bonchev–Trinajstić information content (AvgIpc) is 2.81. The zero-order valence-electron chi connectivity index (χ0n) is 18.9. The number of hydrogen-bond donors (Lipinski definition) is 2. The molecular weight excluding hydrogens is 524 g/mol. The molecule has 34 heavy (non-hydrogen) atoms. The van der Waals surface area contributed by atoms with Crippen LogP contribution >= 0.6 is 15.9 Å². The van der Waals surface area contributed by atoms with Crippen molar-refractivity contribution in [1.29, 1.82) is 0 Å². The Morgan fingerprint density at radius 2 is 1.68 bits per heavy atom. The number of anilines is 2. The van der Waals surface area contributed by atoms with Crippen LogP contribution in [0.4, 0.5) is 11.4 Å². The fourth-order valence-electron chi connectivity index (χ4n) is 3.03. The highest BCUT2D eigenvalue weighted by Gasteiger charge is 2.13. The zero-order chi connectivity index (χ0) is 24.7. The third kappa shape index (κ3) is 7.13. The first-order valence-corrected chi connectivity index (χ1v) is 13.0. The molecule has 1 amide bonds. The largest absolute Gasteiger partial charge is 0.497 e. The summed E-state index contributed by atoms with van der Waals surface area (Å²) in [6, 6.07) is 17.3. The molecule has 0 aliphatic carbocycles. The molecule has 8 nitrogen and oxygen atoms in total. The van der Waals surface area contributed by atoms with Crippen LogP contribution in [-0.2, 0) is 16.4 Å². The Kier molecular flexibility index (Phi) is 8.41. The third-order valence-electron chi connectivity index (χ3n) is 4.74. The molecule has 0 fully saturated rings. The summed E-state index contributed by atoms with van der Waals surface area (Å²) < 4.78 is 40.9. The summed E-state index contributed by atoms with van der Waals surface area (Å²) in [6.45, 7) is 0.123. The highest BCUT2D eigenvalue weighted by Crippen LogP contribution is 2.31. The summed E-state index contributed by atoms with van der Waals surface area (Å²) in [5.74, 6) is 1.07. The lowest BCUT2D eigenvalue weighted by atomic mass is 10.2. The lowest BCUT2D eigenvalue weighted by Crippen LogP contribution is -2.14. The number of halogens is 1. The van der Waals surface area contributed by atoms with E-state index in [0.29, 0.717) is 34.2 Å². The Bertz CT molecular complexity index is 1260. The van der Waals surface area contributed by atoms with Gasteiger partial charge >= 0.3 is 0 Å². The maximum atomic E-state index is 12.6. The van der Waals surface area contributed by atoms with Crippen LogP contribution in [0, 0.1) is 0 Å². The van der Waals surface area contributed by atoms with Crippen LogP contribution in [0.15, 0.2) is 65.1 Å². The van der Waals surface area contributed by atoms with Crippen molar-refractivity contribution in [2.75, 3.05) is 37.0 Å². The van der Waals surface area contributed by atoms with Gasteiger partial charge in [-0.3, -0.25) is 4.79 Å². The Labute approximate surface area is 207 Å². The summed E-state index contributed by atoms with van der Waals surface area (Å²) in [6.07, 6.45) is 1.13. The molecule has 0 unspecified atom stereocenters. The van der Waals surface area contributed by atoms with Crippen molar-refractivity contribution in [2.24, 2.45) is 0 Å². The van der Waals surface area contributed by atoms with E-state index in [-0.39, 0.29) is 18.4 Å². The first-order chi connectivity index (χ1) is 16.2. The smallest absolute Gasteiger partial charge is 0.255 e. The van der Waals surface area contributed by atoms with Gasteiger partial charge in [0.05, 0.1) is 19.9 Å². The maximum Gasteiger partial charge on any atom is 0.255 e. The second-order valence-electron chi connectivity index (χ2n) is 7.39. The van der Waals surface area contributed by atoms with Gasteiger partial charge in [0.15, 0.2) is 9.84 Å². The number of methoxy groups -OCH3 is 2. The number of carbonyl (C=O) groups is 1. The minimum Gasteiger partial charge on any atom is -0.497 e. The molecule has 0 spiro atoms. The van der Waals surface area contributed by atoms with E-state index in [0.717, 1.165) is 16.3 Å². The lowest BCUT2D eigenvalue weighted by molar-refractivity contribution is 0.102. The predicted molar refractivity (Wildman–Crippen MR) is 136 cm³/mol. The fraction of sp³-hybridized carbons (Fsp3) is 0.208. The van der Waals surface area contributed by atoms with E-state index in [2.05, 4.69) is 26.6 Å². The monoisotopic (exact) mass is 548 g/mol.